The number of carboxylic acids is 1. The third-order valence-electron chi connectivity index (χ3n) is 9.28. The maximum Gasteiger partial charge on any atom is 0.306 e. The van der Waals surface area contributed by atoms with Gasteiger partial charge in [-0.3, -0.25) is 9.59 Å². The largest absolute Gasteiger partial charge is 0.545 e. The smallest absolute Gasteiger partial charge is 0.306 e. The van der Waals surface area contributed by atoms with Gasteiger partial charge in [0, 0.05) is 12.8 Å². The molecule has 0 amide bonds. The Morgan fingerprint density at radius 1 is 0.500 bits per heavy atom. The van der Waals surface area contributed by atoms with E-state index < -0.39 is 24.3 Å². The van der Waals surface area contributed by atoms with E-state index in [2.05, 4.69) is 117 Å². The number of nitrogens with zero attached hydrogens (tertiary/aromatic N) is 1. The number of rotatable bonds is 41. The zero-order valence-electron chi connectivity index (χ0n) is 39.4. The minimum atomic E-state index is -1.64. The van der Waals surface area contributed by atoms with E-state index in [1.807, 2.05) is 27.2 Å². The molecular formula is C53H85NO8. The summed E-state index contributed by atoms with van der Waals surface area (Å²) in [7, 11) is 5.87. The zero-order valence-corrected chi connectivity index (χ0v) is 39.4. The van der Waals surface area contributed by atoms with Gasteiger partial charge in [-0.25, -0.2) is 0 Å². The fourth-order valence-corrected chi connectivity index (χ4v) is 5.65. The van der Waals surface area contributed by atoms with Crippen LogP contribution >= 0.6 is 0 Å². The van der Waals surface area contributed by atoms with E-state index >= 15 is 0 Å². The Morgan fingerprint density at radius 2 is 0.919 bits per heavy atom. The number of carbonyl (C=O) groups excluding carboxylic acids is 3. The summed E-state index contributed by atoms with van der Waals surface area (Å²) < 4.78 is 22.4. The van der Waals surface area contributed by atoms with Crippen molar-refractivity contribution < 1.29 is 42.9 Å². The van der Waals surface area contributed by atoms with E-state index in [1.165, 1.54) is 32.1 Å². The van der Waals surface area contributed by atoms with Gasteiger partial charge in [0.15, 0.2) is 12.4 Å². The van der Waals surface area contributed by atoms with Gasteiger partial charge in [0.05, 0.1) is 40.3 Å². The summed E-state index contributed by atoms with van der Waals surface area (Å²) in [5.74, 6) is -2.39. The van der Waals surface area contributed by atoms with Gasteiger partial charge in [0.2, 0.25) is 0 Å². The molecule has 0 bridgehead atoms. The van der Waals surface area contributed by atoms with Crippen molar-refractivity contribution in [2.45, 2.75) is 161 Å². The van der Waals surface area contributed by atoms with Crippen molar-refractivity contribution in [3.63, 3.8) is 0 Å². The third kappa shape index (κ3) is 44.0. The zero-order chi connectivity index (χ0) is 45.6. The lowest BCUT2D eigenvalue weighted by molar-refractivity contribution is -0.870. The second kappa shape index (κ2) is 43.6. The molecule has 9 heteroatoms. The van der Waals surface area contributed by atoms with Gasteiger partial charge in [-0.15, -0.1) is 0 Å². The van der Waals surface area contributed by atoms with Crippen molar-refractivity contribution in [3.05, 3.63) is 109 Å². The average molecular weight is 864 g/mol. The molecule has 0 radical (unpaired) electrons. The van der Waals surface area contributed by atoms with Crippen LogP contribution in [-0.4, -0.2) is 82.3 Å². The molecule has 0 saturated heterocycles. The molecule has 350 valence electrons. The molecule has 0 aromatic carbocycles. The van der Waals surface area contributed by atoms with Crippen LogP contribution in [0.3, 0.4) is 0 Å². The summed E-state index contributed by atoms with van der Waals surface area (Å²) >= 11 is 0. The molecule has 0 saturated carbocycles. The summed E-state index contributed by atoms with van der Waals surface area (Å²) in [5, 5.41) is 11.7. The number of carbonyl (C=O) groups is 3. The molecule has 62 heavy (non-hydrogen) atoms. The Kier molecular flexibility index (Phi) is 40.7. The van der Waals surface area contributed by atoms with E-state index in [0.717, 1.165) is 77.0 Å². The summed E-state index contributed by atoms with van der Waals surface area (Å²) in [6, 6.07) is 0. The van der Waals surface area contributed by atoms with Crippen LogP contribution in [0.1, 0.15) is 149 Å². The van der Waals surface area contributed by atoms with Crippen molar-refractivity contribution in [1.29, 1.82) is 0 Å². The van der Waals surface area contributed by atoms with Gasteiger partial charge < -0.3 is 33.3 Å². The quantitative estimate of drug-likeness (QED) is 0.0196. The van der Waals surface area contributed by atoms with Gasteiger partial charge in [0.25, 0.3) is 0 Å². The second-order valence-corrected chi connectivity index (χ2v) is 16.3. The lowest BCUT2D eigenvalue weighted by Crippen LogP contribution is -2.44. The number of ether oxygens (including phenoxy) is 4. The molecule has 0 heterocycles. The van der Waals surface area contributed by atoms with Crippen LogP contribution in [-0.2, 0) is 33.3 Å². The van der Waals surface area contributed by atoms with Crippen molar-refractivity contribution in [3.8, 4) is 0 Å². The Morgan fingerprint density at radius 3 is 1.35 bits per heavy atom. The average Bonchev–Trinajstić information content (AvgIpc) is 3.23. The molecule has 0 aliphatic heterocycles. The summed E-state index contributed by atoms with van der Waals surface area (Å²) in [4.78, 5) is 36.8. The van der Waals surface area contributed by atoms with Crippen molar-refractivity contribution >= 4 is 17.9 Å². The predicted octanol–water partition coefficient (Wildman–Crippen LogP) is 11.5. The van der Waals surface area contributed by atoms with E-state index in [-0.39, 0.29) is 38.6 Å². The molecule has 0 aromatic rings. The molecule has 2 atom stereocenters. The van der Waals surface area contributed by atoms with Crippen LogP contribution in [0.5, 0.6) is 0 Å². The summed E-state index contributed by atoms with van der Waals surface area (Å²) in [6.45, 7) is 4.48. The number of allylic oxidation sites excluding steroid dienone is 18. The fourth-order valence-electron chi connectivity index (χ4n) is 5.65. The van der Waals surface area contributed by atoms with E-state index in [0.29, 0.717) is 23.9 Å². The molecule has 0 N–H and O–H groups in total. The van der Waals surface area contributed by atoms with Gasteiger partial charge in [-0.05, 0) is 77.0 Å². The third-order valence-corrected chi connectivity index (χ3v) is 9.28. The first-order chi connectivity index (χ1) is 30.1. The molecule has 0 aliphatic carbocycles. The van der Waals surface area contributed by atoms with Crippen LogP contribution in [0.4, 0.5) is 0 Å². The number of likely N-dealkylation sites (N-methyl/N-ethyl adjacent to an activating group) is 1. The lowest BCUT2D eigenvalue weighted by Gasteiger charge is -2.26. The van der Waals surface area contributed by atoms with E-state index in [4.69, 9.17) is 18.9 Å². The molecule has 0 aromatic heterocycles. The van der Waals surface area contributed by atoms with Crippen LogP contribution in [0, 0.1) is 0 Å². The molecule has 0 spiro atoms. The highest BCUT2D eigenvalue weighted by molar-refractivity contribution is 5.70. The topological polar surface area (TPSA) is 111 Å². The minimum Gasteiger partial charge on any atom is -0.545 e. The first-order valence-corrected chi connectivity index (χ1v) is 23.5. The van der Waals surface area contributed by atoms with Crippen molar-refractivity contribution in [2.24, 2.45) is 0 Å². The van der Waals surface area contributed by atoms with Gasteiger partial charge >= 0.3 is 11.9 Å². The SMILES string of the molecule is CC/C=C\C/C=C\C/C=C\C/C=C\C/C=C\C/C=C\C/C=C\C/C=C\C/C=C\CCCC(=O)OC(COC(=O)CCCCCCCCCC)COC(OCC[N+](C)(C)C)C(=O)[O-]. The molecular weight excluding hydrogens is 779 g/mol. The van der Waals surface area contributed by atoms with Gasteiger partial charge in [-0.1, -0.05) is 168 Å². The molecule has 0 aliphatic rings. The van der Waals surface area contributed by atoms with E-state index in [9.17, 15) is 19.5 Å². The number of hydrogen-bond donors (Lipinski definition) is 0. The number of esters is 2. The molecule has 0 fully saturated rings. The predicted molar refractivity (Wildman–Crippen MR) is 255 cm³/mol. The number of aliphatic carboxylic acids is 1. The van der Waals surface area contributed by atoms with Crippen LogP contribution in [0.15, 0.2) is 109 Å². The van der Waals surface area contributed by atoms with Crippen LogP contribution in [0.2, 0.25) is 0 Å². The first kappa shape index (κ1) is 58.0. The maximum absolute atomic E-state index is 12.7. The highest BCUT2D eigenvalue weighted by Gasteiger charge is 2.21. The first-order valence-electron chi connectivity index (χ1n) is 23.5. The Bertz CT molecular complexity index is 1380. The van der Waals surface area contributed by atoms with E-state index in [1.54, 1.807) is 0 Å². The Hall–Kier alpha value is -4.05. The van der Waals surface area contributed by atoms with Crippen molar-refractivity contribution in [1.82, 2.24) is 0 Å². The monoisotopic (exact) mass is 864 g/mol. The van der Waals surface area contributed by atoms with Crippen LogP contribution in [0.25, 0.3) is 0 Å². The number of quaternary nitrogens is 1. The number of carboxylic acid groups (broad SMARTS) is 1. The molecule has 0 rings (SSSR count). The van der Waals surface area contributed by atoms with Crippen LogP contribution < -0.4 is 5.11 Å². The van der Waals surface area contributed by atoms with Gasteiger partial charge in [0.1, 0.15) is 13.2 Å². The molecule has 2 unspecified atom stereocenters. The Balaban J connectivity index is 4.41. The second-order valence-electron chi connectivity index (χ2n) is 16.3. The standard InChI is InChI=1S/C53H85NO8/c1-6-8-10-12-14-16-17-18-19-20-21-22-23-24-25-26-27-28-29-30-31-32-33-34-35-36-38-40-42-44-51(56)62-49(48-61-53(52(57)58)59-46-45-54(3,4)5)47-60-50(55)43-41-39-37-15-13-11-9-7-2/h8,10,14,16,18-19,21-22,24-25,27-28,30-31,33-34,36,38,49,53H,6-7,9,11-13,15,17,20,23,26,29,32,35,37,39-48H2,1-5H3/b10-8-,16-14-,19-18-,22-21-,25-24-,28-27-,31-30-,34-33-,38-36-. The fraction of sp³-hybridized carbons (Fsp3) is 0.604. The highest BCUT2D eigenvalue weighted by Crippen LogP contribution is 2.11. The Labute approximate surface area is 377 Å². The highest BCUT2D eigenvalue weighted by atomic mass is 16.7. The number of unbranched alkanes of at least 4 members (excludes halogenated alkanes) is 8. The maximum atomic E-state index is 12.7. The molecule has 9 nitrogen and oxygen atoms in total. The lowest BCUT2D eigenvalue weighted by atomic mass is 10.1. The number of hydrogen-bond acceptors (Lipinski definition) is 8. The van der Waals surface area contributed by atoms with Crippen molar-refractivity contribution in [2.75, 3.05) is 47.5 Å². The summed E-state index contributed by atoms with van der Waals surface area (Å²) in [6.07, 6.45) is 55.8. The normalized spacial score (nSPS) is 13.9. The summed E-state index contributed by atoms with van der Waals surface area (Å²) in [5.41, 5.74) is 0. The minimum absolute atomic E-state index is 0.131. The van der Waals surface area contributed by atoms with Gasteiger partial charge in [-0.2, -0.15) is 0 Å².